The maximum atomic E-state index is 13.1. The van der Waals surface area contributed by atoms with E-state index in [2.05, 4.69) is 0 Å². The molecular weight excluding hydrogens is 322 g/mol. The van der Waals surface area contributed by atoms with Gasteiger partial charge in [0, 0.05) is 39.1 Å². The number of amides is 3. The summed E-state index contributed by atoms with van der Waals surface area (Å²) >= 11 is 0. The molecule has 0 spiro atoms. The zero-order chi connectivity index (χ0) is 18.1. The van der Waals surface area contributed by atoms with Gasteiger partial charge in [-0.3, -0.25) is 4.79 Å². The number of likely N-dealkylation sites (tertiary alicyclic amines) is 2. The van der Waals surface area contributed by atoms with Crippen molar-refractivity contribution in [1.29, 1.82) is 0 Å². The van der Waals surface area contributed by atoms with Crippen LogP contribution in [0.3, 0.4) is 0 Å². The van der Waals surface area contributed by atoms with Gasteiger partial charge in [-0.15, -0.1) is 0 Å². The molecule has 7 nitrogen and oxygen atoms in total. The Kier molecular flexibility index (Phi) is 5.20. The summed E-state index contributed by atoms with van der Waals surface area (Å²) in [6.07, 6.45) is 6.03. The van der Waals surface area contributed by atoms with E-state index in [1.807, 2.05) is 0 Å². The first-order valence-electron chi connectivity index (χ1n) is 9.41. The molecule has 0 aromatic heterocycles. The maximum absolute atomic E-state index is 13.1. The summed E-state index contributed by atoms with van der Waals surface area (Å²) in [5.41, 5.74) is 0. The average Bonchev–Trinajstić information content (AvgIpc) is 3.00. The van der Waals surface area contributed by atoms with Crippen LogP contribution in [0.4, 0.5) is 4.79 Å². The highest BCUT2D eigenvalue weighted by Crippen LogP contribution is 2.41. The Hall–Kier alpha value is -1.79. The lowest BCUT2D eigenvalue weighted by molar-refractivity contribution is -0.152. The summed E-state index contributed by atoms with van der Waals surface area (Å²) in [4.78, 5) is 41.9. The van der Waals surface area contributed by atoms with Crippen LogP contribution >= 0.6 is 0 Å². The van der Waals surface area contributed by atoms with Gasteiger partial charge in [-0.05, 0) is 38.0 Å². The number of urea groups is 1. The van der Waals surface area contributed by atoms with Crippen LogP contribution in [0, 0.1) is 11.8 Å². The summed E-state index contributed by atoms with van der Waals surface area (Å²) in [5, 5.41) is 9.60. The van der Waals surface area contributed by atoms with Crippen LogP contribution < -0.4 is 0 Å². The number of carbonyl (C=O) groups is 3. The minimum absolute atomic E-state index is 0.00116. The maximum Gasteiger partial charge on any atom is 0.326 e. The molecule has 2 aliphatic heterocycles. The standard InChI is InChI=1S/C18H29N3O4/c1-19(2)18(25)20-9-7-12(8-10-20)16(22)21-14-6-4-3-5-13(14)11-15(21)17(23)24/h12-15H,3-11H2,1-2H3,(H,23,24). The number of fused-ring (bicyclic) bond motifs is 1. The van der Waals surface area contributed by atoms with Gasteiger partial charge in [0.2, 0.25) is 5.91 Å². The van der Waals surface area contributed by atoms with Crippen LogP contribution in [0.15, 0.2) is 0 Å². The van der Waals surface area contributed by atoms with Gasteiger partial charge in [-0.25, -0.2) is 9.59 Å². The number of carboxylic acids is 1. The van der Waals surface area contributed by atoms with Gasteiger partial charge in [0.15, 0.2) is 0 Å². The van der Waals surface area contributed by atoms with Crippen molar-refractivity contribution in [2.45, 2.75) is 57.0 Å². The van der Waals surface area contributed by atoms with Gasteiger partial charge in [-0.2, -0.15) is 0 Å². The number of piperidine rings is 1. The molecule has 1 aliphatic carbocycles. The van der Waals surface area contributed by atoms with Crippen molar-refractivity contribution in [3.05, 3.63) is 0 Å². The number of rotatable bonds is 2. The second-order valence-electron chi connectivity index (χ2n) is 7.89. The molecule has 3 unspecified atom stereocenters. The average molecular weight is 351 g/mol. The molecule has 7 heteroatoms. The van der Waals surface area contributed by atoms with E-state index in [0.29, 0.717) is 38.3 Å². The highest BCUT2D eigenvalue weighted by atomic mass is 16.4. The fourth-order valence-electron chi connectivity index (χ4n) is 4.81. The first-order valence-corrected chi connectivity index (χ1v) is 9.41. The Morgan fingerprint density at radius 3 is 2.24 bits per heavy atom. The second kappa shape index (κ2) is 7.22. The minimum Gasteiger partial charge on any atom is -0.480 e. The number of hydrogen-bond acceptors (Lipinski definition) is 3. The Bertz CT molecular complexity index is 542. The Morgan fingerprint density at radius 1 is 1.00 bits per heavy atom. The Labute approximate surface area is 148 Å². The van der Waals surface area contributed by atoms with Crippen LogP contribution in [0.2, 0.25) is 0 Å². The van der Waals surface area contributed by atoms with Crippen LogP contribution in [0.5, 0.6) is 0 Å². The van der Waals surface area contributed by atoms with Gasteiger partial charge < -0.3 is 19.8 Å². The number of hydrogen-bond donors (Lipinski definition) is 1. The molecule has 3 rings (SSSR count). The highest BCUT2D eigenvalue weighted by molar-refractivity contribution is 5.86. The number of nitrogens with zero attached hydrogens (tertiary/aromatic N) is 3. The van der Waals surface area contributed by atoms with Crippen molar-refractivity contribution in [3.8, 4) is 0 Å². The van der Waals surface area contributed by atoms with Gasteiger partial charge in [-0.1, -0.05) is 12.8 Å². The van der Waals surface area contributed by atoms with Gasteiger partial charge >= 0.3 is 12.0 Å². The lowest BCUT2D eigenvalue weighted by Gasteiger charge is -2.38. The van der Waals surface area contributed by atoms with Crippen molar-refractivity contribution in [2.75, 3.05) is 27.2 Å². The van der Waals surface area contributed by atoms with Crippen molar-refractivity contribution >= 4 is 17.9 Å². The first-order chi connectivity index (χ1) is 11.9. The Balaban J connectivity index is 1.67. The lowest BCUT2D eigenvalue weighted by Crippen LogP contribution is -2.51. The van der Waals surface area contributed by atoms with E-state index in [1.54, 1.807) is 28.8 Å². The largest absolute Gasteiger partial charge is 0.480 e. The van der Waals surface area contributed by atoms with E-state index >= 15 is 0 Å². The molecule has 1 N–H and O–H groups in total. The highest BCUT2D eigenvalue weighted by Gasteiger charge is 2.49. The molecule has 3 amide bonds. The number of carboxylic acid groups (broad SMARTS) is 1. The number of carbonyl (C=O) groups excluding carboxylic acids is 2. The summed E-state index contributed by atoms with van der Waals surface area (Å²) in [5.74, 6) is -0.690. The molecule has 2 heterocycles. The predicted octanol–water partition coefficient (Wildman–Crippen LogP) is 1.62. The van der Waals surface area contributed by atoms with Crippen molar-refractivity contribution in [2.24, 2.45) is 11.8 Å². The molecule has 3 atom stereocenters. The molecule has 1 saturated carbocycles. The van der Waals surface area contributed by atoms with E-state index < -0.39 is 12.0 Å². The third kappa shape index (κ3) is 3.46. The smallest absolute Gasteiger partial charge is 0.326 e. The molecular formula is C18H29N3O4. The third-order valence-electron chi connectivity index (χ3n) is 6.12. The molecule has 0 radical (unpaired) electrons. The monoisotopic (exact) mass is 351 g/mol. The summed E-state index contributed by atoms with van der Waals surface area (Å²) in [6.45, 7) is 1.13. The van der Waals surface area contributed by atoms with E-state index in [0.717, 1.165) is 25.7 Å². The second-order valence-corrected chi connectivity index (χ2v) is 7.89. The van der Waals surface area contributed by atoms with Crippen molar-refractivity contribution < 1.29 is 19.5 Å². The summed E-state index contributed by atoms with van der Waals surface area (Å²) in [6, 6.07) is -0.589. The van der Waals surface area contributed by atoms with E-state index in [-0.39, 0.29) is 23.9 Å². The summed E-state index contributed by atoms with van der Waals surface area (Å²) in [7, 11) is 3.45. The quantitative estimate of drug-likeness (QED) is 0.820. The van der Waals surface area contributed by atoms with E-state index in [9.17, 15) is 19.5 Å². The molecule has 3 fully saturated rings. The fraction of sp³-hybridized carbons (Fsp3) is 0.833. The molecule has 140 valence electrons. The van der Waals surface area contributed by atoms with Crippen molar-refractivity contribution in [1.82, 2.24) is 14.7 Å². The van der Waals surface area contributed by atoms with E-state index in [4.69, 9.17) is 0 Å². The molecule has 0 bridgehead atoms. The topological polar surface area (TPSA) is 81.2 Å². The Morgan fingerprint density at radius 2 is 1.64 bits per heavy atom. The zero-order valence-electron chi connectivity index (χ0n) is 15.2. The van der Waals surface area contributed by atoms with Gasteiger partial charge in [0.25, 0.3) is 0 Å². The normalized spacial score (nSPS) is 30.1. The lowest BCUT2D eigenvalue weighted by atomic mass is 9.84. The summed E-state index contributed by atoms with van der Waals surface area (Å²) < 4.78 is 0. The zero-order valence-corrected chi connectivity index (χ0v) is 15.2. The SMILES string of the molecule is CN(C)C(=O)N1CCC(C(=O)N2C(C(=O)O)CC3CCCCC32)CC1. The van der Waals surface area contributed by atoms with Crippen LogP contribution in [-0.4, -0.2) is 77.0 Å². The fourth-order valence-corrected chi connectivity index (χ4v) is 4.81. The van der Waals surface area contributed by atoms with Gasteiger partial charge in [0.05, 0.1) is 0 Å². The van der Waals surface area contributed by atoms with Crippen LogP contribution in [-0.2, 0) is 9.59 Å². The third-order valence-corrected chi connectivity index (χ3v) is 6.12. The molecule has 2 saturated heterocycles. The minimum atomic E-state index is -0.872. The van der Waals surface area contributed by atoms with Crippen LogP contribution in [0.1, 0.15) is 44.9 Å². The van der Waals surface area contributed by atoms with Crippen LogP contribution in [0.25, 0.3) is 0 Å². The molecule has 0 aromatic rings. The first kappa shape index (κ1) is 18.0. The molecule has 3 aliphatic rings. The molecule has 25 heavy (non-hydrogen) atoms. The molecule has 0 aromatic carbocycles. The van der Waals surface area contributed by atoms with Crippen molar-refractivity contribution in [3.63, 3.8) is 0 Å². The number of aliphatic carboxylic acids is 1. The predicted molar refractivity (Wildman–Crippen MR) is 92.0 cm³/mol. The van der Waals surface area contributed by atoms with E-state index in [1.165, 1.54) is 0 Å². The van der Waals surface area contributed by atoms with Gasteiger partial charge in [0.1, 0.15) is 6.04 Å².